The van der Waals surface area contributed by atoms with Gasteiger partial charge in [-0.2, -0.15) is 4.39 Å². The van der Waals surface area contributed by atoms with Crippen molar-refractivity contribution in [1.82, 2.24) is 5.32 Å². The van der Waals surface area contributed by atoms with E-state index in [4.69, 9.17) is 4.74 Å². The van der Waals surface area contributed by atoms with Crippen molar-refractivity contribution in [1.29, 1.82) is 0 Å². The number of hydrogen-bond acceptors (Lipinski definition) is 2. The number of benzene rings is 1. The lowest BCUT2D eigenvalue weighted by molar-refractivity contribution is 0.227. The molecule has 0 spiro atoms. The van der Waals surface area contributed by atoms with Crippen LogP contribution in [-0.2, 0) is 0 Å². The third-order valence-electron chi connectivity index (χ3n) is 2.85. The molecule has 0 aliphatic carbocycles. The molecular formula is C12H14F3NO. The van der Waals surface area contributed by atoms with Gasteiger partial charge < -0.3 is 10.1 Å². The van der Waals surface area contributed by atoms with Crippen molar-refractivity contribution >= 4 is 0 Å². The molecule has 1 aliphatic rings. The Bertz CT molecular complexity index is 392. The minimum atomic E-state index is -1.49. The van der Waals surface area contributed by atoms with E-state index in [1.54, 1.807) is 0 Å². The highest BCUT2D eigenvalue weighted by Gasteiger charge is 2.17. The van der Waals surface area contributed by atoms with E-state index in [9.17, 15) is 13.2 Å². The lowest BCUT2D eigenvalue weighted by Crippen LogP contribution is -2.38. The Morgan fingerprint density at radius 3 is 2.71 bits per heavy atom. The summed E-state index contributed by atoms with van der Waals surface area (Å²) in [4.78, 5) is 0. The van der Waals surface area contributed by atoms with Crippen molar-refractivity contribution in [2.75, 3.05) is 13.2 Å². The standard InChI is InChI=1S/C12H14F3NO/c13-9-4-5-10(12(15)11(9)14)17-7-8-3-1-2-6-16-8/h4-5,8,16H,1-3,6-7H2. The van der Waals surface area contributed by atoms with Gasteiger partial charge in [0.2, 0.25) is 5.82 Å². The monoisotopic (exact) mass is 245 g/mol. The number of nitrogens with one attached hydrogen (secondary N) is 1. The Kier molecular flexibility index (Phi) is 3.89. The van der Waals surface area contributed by atoms with Gasteiger partial charge in [0.05, 0.1) is 0 Å². The zero-order chi connectivity index (χ0) is 12.3. The fourth-order valence-corrected chi connectivity index (χ4v) is 1.88. The van der Waals surface area contributed by atoms with E-state index in [2.05, 4.69) is 5.32 Å². The first kappa shape index (κ1) is 12.2. The SMILES string of the molecule is Fc1ccc(OCC2CCCCN2)c(F)c1F. The summed E-state index contributed by atoms with van der Waals surface area (Å²) < 4.78 is 44.0. The Labute approximate surface area is 97.8 Å². The zero-order valence-corrected chi connectivity index (χ0v) is 9.31. The second-order valence-corrected chi connectivity index (χ2v) is 4.13. The van der Waals surface area contributed by atoms with E-state index >= 15 is 0 Å². The van der Waals surface area contributed by atoms with Crippen molar-refractivity contribution in [2.24, 2.45) is 0 Å². The number of hydrogen-bond donors (Lipinski definition) is 1. The summed E-state index contributed by atoms with van der Waals surface area (Å²) in [6.07, 6.45) is 3.17. The van der Waals surface area contributed by atoms with Gasteiger partial charge in [0.25, 0.3) is 0 Å². The molecule has 0 saturated carbocycles. The molecule has 1 atom stereocenters. The van der Waals surface area contributed by atoms with Crippen LogP contribution >= 0.6 is 0 Å². The second kappa shape index (κ2) is 5.40. The van der Waals surface area contributed by atoms with E-state index in [-0.39, 0.29) is 18.4 Å². The first-order chi connectivity index (χ1) is 8.18. The van der Waals surface area contributed by atoms with Gasteiger partial charge in [-0.15, -0.1) is 0 Å². The molecule has 1 saturated heterocycles. The molecule has 1 N–H and O–H groups in total. The van der Waals surface area contributed by atoms with Crippen LogP contribution in [0.5, 0.6) is 5.75 Å². The summed E-state index contributed by atoms with van der Waals surface area (Å²) >= 11 is 0. The largest absolute Gasteiger partial charge is 0.489 e. The van der Waals surface area contributed by atoms with Crippen molar-refractivity contribution in [3.05, 3.63) is 29.6 Å². The van der Waals surface area contributed by atoms with E-state index in [0.29, 0.717) is 0 Å². The molecular weight excluding hydrogens is 231 g/mol. The van der Waals surface area contributed by atoms with Crippen LogP contribution in [0, 0.1) is 17.5 Å². The normalized spacial score (nSPS) is 20.3. The summed E-state index contributed by atoms with van der Waals surface area (Å²) in [6.45, 7) is 1.18. The molecule has 2 rings (SSSR count). The van der Waals surface area contributed by atoms with Crippen LogP contribution in [0.25, 0.3) is 0 Å². The van der Waals surface area contributed by atoms with Gasteiger partial charge in [-0.1, -0.05) is 6.42 Å². The van der Waals surface area contributed by atoms with Crippen molar-refractivity contribution in [3.63, 3.8) is 0 Å². The van der Waals surface area contributed by atoms with Gasteiger partial charge in [0.15, 0.2) is 17.4 Å². The van der Waals surface area contributed by atoms with Crippen LogP contribution in [0.2, 0.25) is 0 Å². The zero-order valence-electron chi connectivity index (χ0n) is 9.31. The molecule has 1 unspecified atom stereocenters. The average Bonchev–Trinajstić information content (AvgIpc) is 2.36. The van der Waals surface area contributed by atoms with Gasteiger partial charge in [-0.25, -0.2) is 8.78 Å². The highest BCUT2D eigenvalue weighted by atomic mass is 19.2. The van der Waals surface area contributed by atoms with Crippen molar-refractivity contribution in [3.8, 4) is 5.75 Å². The third-order valence-corrected chi connectivity index (χ3v) is 2.85. The quantitative estimate of drug-likeness (QED) is 0.826. The summed E-state index contributed by atoms with van der Waals surface area (Å²) in [5.41, 5.74) is 0. The maximum Gasteiger partial charge on any atom is 0.203 e. The molecule has 0 bridgehead atoms. The summed E-state index contributed by atoms with van der Waals surface area (Å²) in [7, 11) is 0. The average molecular weight is 245 g/mol. The van der Waals surface area contributed by atoms with Gasteiger partial charge >= 0.3 is 0 Å². The molecule has 1 aliphatic heterocycles. The Hall–Kier alpha value is -1.23. The second-order valence-electron chi connectivity index (χ2n) is 4.13. The van der Waals surface area contributed by atoms with E-state index in [1.165, 1.54) is 0 Å². The highest BCUT2D eigenvalue weighted by molar-refractivity contribution is 5.26. The third kappa shape index (κ3) is 2.91. The maximum atomic E-state index is 13.3. The number of halogens is 3. The van der Waals surface area contributed by atoms with Crippen LogP contribution in [0.4, 0.5) is 13.2 Å². The summed E-state index contributed by atoms with van der Waals surface area (Å²) in [6, 6.07) is 2.12. The Balaban J connectivity index is 1.96. The predicted molar refractivity (Wildman–Crippen MR) is 57.5 cm³/mol. The van der Waals surface area contributed by atoms with Gasteiger partial charge in [0.1, 0.15) is 6.61 Å². The van der Waals surface area contributed by atoms with Crippen LogP contribution in [-0.4, -0.2) is 19.2 Å². The number of rotatable bonds is 3. The maximum absolute atomic E-state index is 13.3. The highest BCUT2D eigenvalue weighted by Crippen LogP contribution is 2.22. The van der Waals surface area contributed by atoms with Gasteiger partial charge in [-0.3, -0.25) is 0 Å². The molecule has 0 aromatic heterocycles. The summed E-state index contributed by atoms with van der Waals surface area (Å²) in [5, 5.41) is 3.22. The lowest BCUT2D eigenvalue weighted by atomic mass is 10.1. The van der Waals surface area contributed by atoms with Gasteiger partial charge in [-0.05, 0) is 31.5 Å². The molecule has 1 aromatic rings. The summed E-state index contributed by atoms with van der Waals surface area (Å²) in [5.74, 6) is -4.19. The Morgan fingerprint density at radius 2 is 2.00 bits per heavy atom. The van der Waals surface area contributed by atoms with Crippen molar-refractivity contribution in [2.45, 2.75) is 25.3 Å². The number of piperidine rings is 1. The van der Waals surface area contributed by atoms with E-state index in [1.807, 2.05) is 0 Å². The number of ether oxygens (including phenoxy) is 1. The van der Waals surface area contributed by atoms with Crippen LogP contribution in [0.3, 0.4) is 0 Å². The molecule has 2 nitrogen and oxygen atoms in total. The van der Waals surface area contributed by atoms with Crippen LogP contribution in [0.15, 0.2) is 12.1 Å². The lowest BCUT2D eigenvalue weighted by Gasteiger charge is -2.23. The minimum absolute atomic E-state index is 0.149. The fourth-order valence-electron chi connectivity index (χ4n) is 1.88. The Morgan fingerprint density at radius 1 is 1.18 bits per heavy atom. The van der Waals surface area contributed by atoms with Crippen molar-refractivity contribution < 1.29 is 17.9 Å². The molecule has 1 aromatic carbocycles. The molecule has 0 radical (unpaired) electrons. The van der Waals surface area contributed by atoms with E-state index in [0.717, 1.165) is 37.9 Å². The molecule has 0 amide bonds. The minimum Gasteiger partial charge on any atom is -0.489 e. The molecule has 1 heterocycles. The first-order valence-electron chi connectivity index (χ1n) is 5.68. The molecule has 94 valence electrons. The molecule has 17 heavy (non-hydrogen) atoms. The smallest absolute Gasteiger partial charge is 0.203 e. The molecule has 5 heteroatoms. The van der Waals surface area contributed by atoms with Crippen LogP contribution in [0.1, 0.15) is 19.3 Å². The first-order valence-corrected chi connectivity index (χ1v) is 5.68. The fraction of sp³-hybridized carbons (Fsp3) is 0.500. The van der Waals surface area contributed by atoms with Gasteiger partial charge in [0, 0.05) is 6.04 Å². The topological polar surface area (TPSA) is 21.3 Å². The predicted octanol–water partition coefficient (Wildman–Crippen LogP) is 2.62. The molecule has 1 fully saturated rings. The van der Waals surface area contributed by atoms with Crippen LogP contribution < -0.4 is 10.1 Å². The van der Waals surface area contributed by atoms with E-state index < -0.39 is 17.5 Å².